The number of azide groups is 1. The normalized spacial score (nSPS) is 9.33. The van der Waals surface area contributed by atoms with E-state index in [-0.39, 0.29) is 17.9 Å². The molecule has 0 aliphatic carbocycles. The zero-order chi connectivity index (χ0) is 13.4. The van der Waals surface area contributed by atoms with E-state index in [2.05, 4.69) is 15.3 Å². The van der Waals surface area contributed by atoms with Gasteiger partial charge in [-0.1, -0.05) is 5.11 Å². The molecule has 0 aliphatic rings. The number of aromatic hydroxyl groups is 1. The number of nitrogens with one attached hydrogen (secondary N) is 1. The molecule has 94 valence electrons. The number of aldehydes is 1. The van der Waals surface area contributed by atoms with Crippen molar-refractivity contribution >= 4 is 12.2 Å². The van der Waals surface area contributed by atoms with Crippen molar-refractivity contribution in [1.29, 1.82) is 0 Å². The number of benzene rings is 1. The molecule has 0 unspecified atom stereocenters. The Bertz CT molecular complexity index is 495. The van der Waals surface area contributed by atoms with Gasteiger partial charge in [0.1, 0.15) is 12.0 Å². The van der Waals surface area contributed by atoms with Crippen molar-refractivity contribution < 1.29 is 14.7 Å². The highest BCUT2D eigenvalue weighted by molar-refractivity contribution is 5.98. The van der Waals surface area contributed by atoms with Crippen LogP contribution < -0.4 is 5.32 Å². The molecule has 0 spiro atoms. The van der Waals surface area contributed by atoms with Gasteiger partial charge >= 0.3 is 0 Å². The third kappa shape index (κ3) is 3.80. The predicted molar refractivity (Wildman–Crippen MR) is 64.5 cm³/mol. The van der Waals surface area contributed by atoms with Crippen LogP contribution in [0.4, 0.5) is 0 Å². The van der Waals surface area contributed by atoms with E-state index < -0.39 is 5.91 Å². The number of phenolic OH excluding ortho intramolecular Hbond substituents is 1. The van der Waals surface area contributed by atoms with Crippen LogP contribution in [0.2, 0.25) is 0 Å². The minimum atomic E-state index is -0.475. The van der Waals surface area contributed by atoms with Gasteiger partial charge in [-0.05, 0) is 30.2 Å². The van der Waals surface area contributed by atoms with Gasteiger partial charge in [0.05, 0.1) is 5.56 Å². The maximum Gasteiger partial charge on any atom is 0.255 e. The van der Waals surface area contributed by atoms with Gasteiger partial charge in [0.25, 0.3) is 5.91 Å². The first kappa shape index (κ1) is 13.5. The number of nitrogens with zero attached hydrogens (tertiary/aromatic N) is 3. The molecule has 2 N–H and O–H groups in total. The van der Waals surface area contributed by atoms with Crippen molar-refractivity contribution in [2.75, 3.05) is 13.1 Å². The molecule has 1 amide bonds. The summed E-state index contributed by atoms with van der Waals surface area (Å²) in [6.45, 7) is 0.611. The Morgan fingerprint density at radius 1 is 1.56 bits per heavy atom. The first-order valence-corrected chi connectivity index (χ1v) is 5.26. The number of rotatable bonds is 6. The smallest absolute Gasteiger partial charge is 0.255 e. The molecule has 0 saturated carbocycles. The van der Waals surface area contributed by atoms with E-state index in [1.54, 1.807) is 0 Å². The largest absolute Gasteiger partial charge is 0.507 e. The Labute approximate surface area is 103 Å². The van der Waals surface area contributed by atoms with Crippen molar-refractivity contribution in [1.82, 2.24) is 5.32 Å². The quantitative estimate of drug-likeness (QED) is 0.262. The Kier molecular flexibility index (Phi) is 5.21. The number of amides is 1. The monoisotopic (exact) mass is 248 g/mol. The molecule has 1 aromatic rings. The first-order chi connectivity index (χ1) is 8.69. The summed E-state index contributed by atoms with van der Waals surface area (Å²) in [4.78, 5) is 24.8. The molecule has 0 heterocycles. The molecule has 0 aliphatic heterocycles. The molecule has 1 aromatic carbocycles. The fraction of sp³-hybridized carbons (Fsp3) is 0.273. The minimum absolute atomic E-state index is 0.0448. The summed E-state index contributed by atoms with van der Waals surface area (Å²) < 4.78 is 0. The number of hydrogen-bond acceptors (Lipinski definition) is 4. The Balaban J connectivity index is 2.60. The molecular weight excluding hydrogens is 236 g/mol. The van der Waals surface area contributed by atoms with E-state index in [4.69, 9.17) is 5.53 Å². The van der Waals surface area contributed by atoms with Crippen LogP contribution in [0.25, 0.3) is 10.4 Å². The van der Waals surface area contributed by atoms with Crippen molar-refractivity contribution in [3.05, 3.63) is 39.8 Å². The topological polar surface area (TPSA) is 115 Å². The lowest BCUT2D eigenvalue weighted by Crippen LogP contribution is -2.25. The van der Waals surface area contributed by atoms with Crippen LogP contribution in [0.1, 0.15) is 27.1 Å². The second kappa shape index (κ2) is 6.93. The molecule has 0 radical (unpaired) electrons. The summed E-state index contributed by atoms with van der Waals surface area (Å²) in [7, 11) is 0. The minimum Gasteiger partial charge on any atom is -0.507 e. The molecule has 0 fully saturated rings. The van der Waals surface area contributed by atoms with Gasteiger partial charge in [0, 0.05) is 23.6 Å². The molecular formula is C11H12N4O3. The summed E-state index contributed by atoms with van der Waals surface area (Å²) in [5, 5.41) is 15.4. The van der Waals surface area contributed by atoms with E-state index in [0.29, 0.717) is 24.8 Å². The van der Waals surface area contributed by atoms with Gasteiger partial charge in [-0.15, -0.1) is 0 Å². The number of phenols is 1. The number of carbonyl (C=O) groups is 2. The summed E-state index contributed by atoms with van der Waals surface area (Å²) >= 11 is 0. The van der Waals surface area contributed by atoms with Crippen molar-refractivity contribution in [3.63, 3.8) is 0 Å². The van der Waals surface area contributed by atoms with Crippen LogP contribution in [-0.4, -0.2) is 30.4 Å². The van der Waals surface area contributed by atoms with Gasteiger partial charge in [-0.3, -0.25) is 9.59 Å². The van der Waals surface area contributed by atoms with E-state index in [1.807, 2.05) is 0 Å². The second-order valence-electron chi connectivity index (χ2n) is 3.46. The molecule has 7 heteroatoms. The third-order valence-electron chi connectivity index (χ3n) is 2.19. The lowest BCUT2D eigenvalue weighted by Gasteiger charge is -2.06. The molecule has 0 atom stereocenters. The second-order valence-corrected chi connectivity index (χ2v) is 3.46. The van der Waals surface area contributed by atoms with Crippen LogP contribution in [-0.2, 0) is 0 Å². The van der Waals surface area contributed by atoms with Gasteiger partial charge in [-0.25, -0.2) is 0 Å². The standard InChI is InChI=1S/C11H12N4O3/c12-15-14-5-1-4-13-11(18)9-6-8(7-16)2-3-10(9)17/h2-3,6-7,17H,1,4-5H2,(H,13,18). The maximum absolute atomic E-state index is 11.7. The Morgan fingerprint density at radius 3 is 3.00 bits per heavy atom. The zero-order valence-corrected chi connectivity index (χ0v) is 9.54. The van der Waals surface area contributed by atoms with Crippen LogP contribution in [0, 0.1) is 0 Å². The SMILES string of the molecule is [N-]=[N+]=NCCCNC(=O)c1cc(C=O)ccc1O. The molecule has 18 heavy (non-hydrogen) atoms. The Morgan fingerprint density at radius 2 is 2.33 bits per heavy atom. The highest BCUT2D eigenvalue weighted by Gasteiger charge is 2.10. The average Bonchev–Trinajstić information content (AvgIpc) is 2.39. The van der Waals surface area contributed by atoms with Crippen LogP contribution in [0.15, 0.2) is 23.3 Å². The van der Waals surface area contributed by atoms with Crippen molar-refractivity contribution in [2.24, 2.45) is 5.11 Å². The molecule has 1 rings (SSSR count). The van der Waals surface area contributed by atoms with Gasteiger partial charge < -0.3 is 10.4 Å². The highest BCUT2D eigenvalue weighted by atomic mass is 16.3. The summed E-state index contributed by atoms with van der Waals surface area (Å²) in [6, 6.07) is 4.02. The maximum atomic E-state index is 11.7. The lowest BCUT2D eigenvalue weighted by molar-refractivity contribution is 0.0951. The van der Waals surface area contributed by atoms with Crippen LogP contribution in [0.3, 0.4) is 0 Å². The molecule has 0 bridgehead atoms. The van der Waals surface area contributed by atoms with Crippen LogP contribution >= 0.6 is 0 Å². The fourth-order valence-corrected chi connectivity index (χ4v) is 1.30. The predicted octanol–water partition coefficient (Wildman–Crippen LogP) is 1.63. The van der Waals surface area contributed by atoms with Gasteiger partial charge in [0.2, 0.25) is 0 Å². The number of hydrogen-bond donors (Lipinski definition) is 2. The lowest BCUT2D eigenvalue weighted by atomic mass is 10.1. The molecule has 0 saturated heterocycles. The Hall–Kier alpha value is -2.53. The molecule has 7 nitrogen and oxygen atoms in total. The van der Waals surface area contributed by atoms with E-state index in [0.717, 1.165) is 0 Å². The van der Waals surface area contributed by atoms with Crippen molar-refractivity contribution in [2.45, 2.75) is 6.42 Å². The van der Waals surface area contributed by atoms with Gasteiger partial charge in [-0.2, -0.15) is 0 Å². The number of carbonyl (C=O) groups excluding carboxylic acids is 2. The average molecular weight is 248 g/mol. The van der Waals surface area contributed by atoms with Gasteiger partial charge in [0.15, 0.2) is 0 Å². The van der Waals surface area contributed by atoms with E-state index in [9.17, 15) is 14.7 Å². The van der Waals surface area contributed by atoms with E-state index >= 15 is 0 Å². The fourth-order valence-electron chi connectivity index (χ4n) is 1.30. The van der Waals surface area contributed by atoms with E-state index in [1.165, 1.54) is 18.2 Å². The summed E-state index contributed by atoms with van der Waals surface area (Å²) in [5.74, 6) is -0.662. The summed E-state index contributed by atoms with van der Waals surface area (Å²) in [5.41, 5.74) is 8.41. The third-order valence-corrected chi connectivity index (χ3v) is 2.19. The highest BCUT2D eigenvalue weighted by Crippen LogP contribution is 2.17. The van der Waals surface area contributed by atoms with Crippen LogP contribution in [0.5, 0.6) is 5.75 Å². The van der Waals surface area contributed by atoms with Crippen molar-refractivity contribution in [3.8, 4) is 5.75 Å². The summed E-state index contributed by atoms with van der Waals surface area (Å²) in [6.07, 6.45) is 1.10. The zero-order valence-electron chi connectivity index (χ0n) is 9.54. The first-order valence-electron chi connectivity index (χ1n) is 5.26. The molecule has 0 aromatic heterocycles.